The van der Waals surface area contributed by atoms with Crippen LogP contribution in [0.25, 0.3) is 0 Å². The second kappa shape index (κ2) is 10.6. The van der Waals surface area contributed by atoms with Crippen molar-refractivity contribution >= 4 is 12.2 Å². The van der Waals surface area contributed by atoms with Gasteiger partial charge in [0.2, 0.25) is 0 Å². The molecule has 0 saturated heterocycles. The first-order chi connectivity index (χ1) is 15.8. The number of hydrogen-bond acceptors (Lipinski definition) is 6. The lowest BCUT2D eigenvalue weighted by Gasteiger charge is -2.27. The van der Waals surface area contributed by atoms with Crippen LogP contribution in [-0.2, 0) is 11.3 Å². The molecule has 6 nitrogen and oxygen atoms in total. The maximum atomic E-state index is 13.2. The first-order valence-corrected chi connectivity index (χ1v) is 9.52. The number of hydrogen-bond donors (Lipinski definition) is 1. The highest BCUT2D eigenvalue weighted by Gasteiger charge is 2.73. The topological polar surface area (TPSA) is 69.2 Å². The van der Waals surface area contributed by atoms with Crippen LogP contribution in [-0.4, -0.2) is 44.0 Å². The second-order valence-corrected chi connectivity index (χ2v) is 6.63. The number of methoxy groups -OCH3 is 1. The monoisotopic (exact) mass is 496 g/mol. The van der Waals surface area contributed by atoms with Gasteiger partial charge in [-0.05, 0) is 48.4 Å². The van der Waals surface area contributed by atoms with E-state index in [0.29, 0.717) is 22.8 Å². The molecular formula is C21H19F7N2O4. The Morgan fingerprint density at radius 1 is 1.00 bits per heavy atom. The molecule has 1 N–H and O–H groups in total. The standard InChI is InChI=1S/C21H19F7N2O4/c1-3-33-18(31)15-7-4-13(5-8-15)12-34-16-9-6-14(10-17(16)32-2)11-29-30-21(27,28)19(22,23)20(24,25)26/h4-11,30H,3,12H2,1-2H3/b29-11-. The third-order valence-corrected chi connectivity index (χ3v) is 4.22. The van der Waals surface area contributed by atoms with Crippen molar-refractivity contribution in [3.8, 4) is 11.5 Å². The normalized spacial score (nSPS) is 12.5. The first-order valence-electron chi connectivity index (χ1n) is 9.52. The average molecular weight is 496 g/mol. The number of nitrogens with zero attached hydrogens (tertiary/aromatic N) is 1. The van der Waals surface area contributed by atoms with Crippen molar-refractivity contribution in [1.29, 1.82) is 0 Å². The summed E-state index contributed by atoms with van der Waals surface area (Å²) < 4.78 is 104. The molecule has 0 aliphatic carbocycles. The van der Waals surface area contributed by atoms with Crippen molar-refractivity contribution in [2.75, 3.05) is 13.7 Å². The number of carbonyl (C=O) groups excluding carboxylic acids is 1. The molecular weight excluding hydrogens is 477 g/mol. The SMILES string of the molecule is CCOC(=O)c1ccc(COc2ccc(/C=N\NC(F)(F)C(F)(F)C(F)(F)F)cc2OC)cc1. The highest BCUT2D eigenvalue weighted by Crippen LogP contribution is 2.45. The summed E-state index contributed by atoms with van der Waals surface area (Å²) in [6.45, 7) is 1.98. The first kappa shape index (κ1) is 26.7. The van der Waals surface area contributed by atoms with E-state index in [1.165, 1.54) is 25.3 Å². The van der Waals surface area contributed by atoms with Crippen molar-refractivity contribution in [3.63, 3.8) is 0 Å². The Bertz CT molecular complexity index is 1010. The molecule has 13 heteroatoms. The Morgan fingerprint density at radius 2 is 1.65 bits per heavy atom. The molecule has 0 atom stereocenters. The van der Waals surface area contributed by atoms with Crippen LogP contribution >= 0.6 is 0 Å². The summed E-state index contributed by atoms with van der Waals surface area (Å²) >= 11 is 0. The lowest BCUT2D eigenvalue weighted by atomic mass is 10.1. The lowest BCUT2D eigenvalue weighted by molar-refractivity contribution is -0.361. The number of nitrogens with one attached hydrogen (secondary N) is 1. The molecule has 0 amide bonds. The third-order valence-electron chi connectivity index (χ3n) is 4.22. The van der Waals surface area contributed by atoms with Gasteiger partial charge in [-0.3, -0.25) is 0 Å². The van der Waals surface area contributed by atoms with Gasteiger partial charge in [0.1, 0.15) is 6.61 Å². The third kappa shape index (κ3) is 6.29. The molecule has 0 saturated carbocycles. The van der Waals surface area contributed by atoms with E-state index in [1.54, 1.807) is 31.2 Å². The minimum Gasteiger partial charge on any atom is -0.493 e. The van der Waals surface area contributed by atoms with E-state index in [4.69, 9.17) is 14.2 Å². The maximum Gasteiger partial charge on any atom is 0.462 e. The number of alkyl halides is 7. The average Bonchev–Trinajstić information content (AvgIpc) is 2.77. The molecule has 0 bridgehead atoms. The summed E-state index contributed by atoms with van der Waals surface area (Å²) in [5.74, 6) is -6.47. The largest absolute Gasteiger partial charge is 0.493 e. The van der Waals surface area contributed by atoms with Crippen molar-refractivity contribution in [2.45, 2.75) is 31.7 Å². The molecule has 0 heterocycles. The number of benzene rings is 2. The van der Waals surface area contributed by atoms with Gasteiger partial charge in [-0.1, -0.05) is 12.1 Å². The molecule has 186 valence electrons. The Labute approximate surface area is 189 Å². The number of ether oxygens (including phenoxy) is 3. The van der Waals surface area contributed by atoms with Gasteiger partial charge in [-0.2, -0.15) is 35.8 Å². The van der Waals surface area contributed by atoms with E-state index < -0.39 is 24.1 Å². The van der Waals surface area contributed by atoms with Crippen LogP contribution in [0.15, 0.2) is 47.6 Å². The molecule has 0 fully saturated rings. The summed E-state index contributed by atoms with van der Waals surface area (Å²) in [6.07, 6.45) is -5.86. The predicted molar refractivity (Wildman–Crippen MR) is 106 cm³/mol. The number of hydrazone groups is 1. The maximum absolute atomic E-state index is 13.2. The molecule has 0 aliphatic rings. The van der Waals surface area contributed by atoms with Crippen LogP contribution in [0.4, 0.5) is 30.7 Å². The number of esters is 1. The van der Waals surface area contributed by atoms with Crippen LogP contribution in [0.1, 0.15) is 28.4 Å². The van der Waals surface area contributed by atoms with Crippen LogP contribution < -0.4 is 14.9 Å². The minimum atomic E-state index is -6.47. The summed E-state index contributed by atoms with van der Waals surface area (Å²) in [5, 5.41) is 2.79. The molecule has 2 aromatic rings. The number of carbonyl (C=O) groups is 1. The van der Waals surface area contributed by atoms with E-state index in [2.05, 4.69) is 5.10 Å². The zero-order valence-corrected chi connectivity index (χ0v) is 17.8. The van der Waals surface area contributed by atoms with Crippen molar-refractivity contribution in [3.05, 3.63) is 59.2 Å². The van der Waals surface area contributed by atoms with E-state index in [0.717, 1.165) is 0 Å². The van der Waals surface area contributed by atoms with Gasteiger partial charge in [-0.25, -0.2) is 10.2 Å². The summed E-state index contributed by atoms with van der Waals surface area (Å²) in [6, 6.07) is 4.60. The highest BCUT2D eigenvalue weighted by atomic mass is 19.4. The van der Waals surface area contributed by atoms with Crippen LogP contribution in [0.2, 0.25) is 0 Å². The van der Waals surface area contributed by atoms with Crippen LogP contribution in [0.5, 0.6) is 11.5 Å². The summed E-state index contributed by atoms with van der Waals surface area (Å²) in [5.41, 5.74) is 1.63. The molecule has 2 rings (SSSR count). The van der Waals surface area contributed by atoms with Gasteiger partial charge in [0.15, 0.2) is 11.5 Å². The van der Waals surface area contributed by atoms with Gasteiger partial charge in [0, 0.05) is 0 Å². The molecule has 0 aliphatic heterocycles. The summed E-state index contributed by atoms with van der Waals surface area (Å²) in [4.78, 5) is 11.7. The minimum absolute atomic E-state index is 0.0432. The quantitative estimate of drug-likeness (QED) is 0.162. The molecule has 2 aromatic carbocycles. The van der Waals surface area contributed by atoms with Gasteiger partial charge in [0.25, 0.3) is 0 Å². The van der Waals surface area contributed by atoms with Crippen LogP contribution in [0.3, 0.4) is 0 Å². The van der Waals surface area contributed by atoms with Crippen molar-refractivity contribution in [2.24, 2.45) is 5.10 Å². The predicted octanol–water partition coefficient (Wildman–Crippen LogP) is 5.16. The fourth-order valence-electron chi connectivity index (χ4n) is 2.43. The van der Waals surface area contributed by atoms with E-state index in [-0.39, 0.29) is 30.3 Å². The number of halogens is 7. The van der Waals surface area contributed by atoms with Crippen molar-refractivity contribution < 1.29 is 49.7 Å². The number of rotatable bonds is 10. The molecule has 34 heavy (non-hydrogen) atoms. The highest BCUT2D eigenvalue weighted by molar-refractivity contribution is 5.89. The fraction of sp³-hybridized carbons (Fsp3) is 0.333. The smallest absolute Gasteiger partial charge is 0.462 e. The zero-order valence-electron chi connectivity index (χ0n) is 17.8. The second-order valence-electron chi connectivity index (χ2n) is 6.63. The lowest BCUT2D eigenvalue weighted by Crippen LogP contribution is -2.58. The Morgan fingerprint density at radius 3 is 2.21 bits per heavy atom. The fourth-order valence-corrected chi connectivity index (χ4v) is 2.43. The zero-order chi connectivity index (χ0) is 25.6. The van der Waals surface area contributed by atoms with Gasteiger partial charge in [-0.15, -0.1) is 0 Å². The Balaban J connectivity index is 2.05. The van der Waals surface area contributed by atoms with Crippen LogP contribution in [0, 0.1) is 0 Å². The Hall–Kier alpha value is -3.51. The van der Waals surface area contributed by atoms with E-state index >= 15 is 0 Å². The molecule has 0 spiro atoms. The summed E-state index contributed by atoms with van der Waals surface area (Å²) in [7, 11) is 1.27. The van der Waals surface area contributed by atoms with Crippen molar-refractivity contribution in [1.82, 2.24) is 5.43 Å². The van der Waals surface area contributed by atoms with E-state index in [9.17, 15) is 35.5 Å². The molecule has 0 aromatic heterocycles. The van der Waals surface area contributed by atoms with Gasteiger partial charge >= 0.3 is 24.1 Å². The van der Waals surface area contributed by atoms with E-state index in [1.807, 2.05) is 0 Å². The van der Waals surface area contributed by atoms with Gasteiger partial charge in [0.05, 0.1) is 25.5 Å². The van der Waals surface area contributed by atoms with Gasteiger partial charge < -0.3 is 14.2 Å². The Kier molecular flexibility index (Phi) is 8.35. The molecule has 0 unspecified atom stereocenters. The molecule has 0 radical (unpaired) electrons.